The maximum Gasteiger partial charge on any atom is 0.203 e. The first kappa shape index (κ1) is 16.0. The molecule has 0 radical (unpaired) electrons. The topological polar surface area (TPSA) is 81.7 Å². The number of rotatable bonds is 8. The van der Waals surface area contributed by atoms with Crippen LogP contribution in [0.3, 0.4) is 0 Å². The lowest BCUT2D eigenvalue weighted by Crippen LogP contribution is -1.91. The molecule has 0 aromatic heterocycles. The standard InChI is InChI=1S/C11H14N2O2S2/c12-8-16-10(14)6-4-2-1-3-5-7-11(15)17-9-13/h1-7H2. The van der Waals surface area contributed by atoms with Crippen LogP contribution >= 0.6 is 23.5 Å². The molecular formula is C11H14N2O2S2. The molecule has 0 bridgehead atoms. The average Bonchev–Trinajstić information content (AvgIpc) is 2.28. The molecule has 0 atom stereocenters. The van der Waals surface area contributed by atoms with Crippen molar-refractivity contribution in [2.75, 3.05) is 0 Å². The average molecular weight is 270 g/mol. The monoisotopic (exact) mass is 270 g/mol. The third kappa shape index (κ3) is 11.3. The van der Waals surface area contributed by atoms with E-state index in [2.05, 4.69) is 0 Å². The van der Waals surface area contributed by atoms with Gasteiger partial charge in [0.15, 0.2) is 0 Å². The fraction of sp³-hybridized carbons (Fsp3) is 0.636. The predicted octanol–water partition coefficient (Wildman–Crippen LogP) is 3.20. The molecular weight excluding hydrogens is 256 g/mol. The summed E-state index contributed by atoms with van der Waals surface area (Å²) in [5.41, 5.74) is 0. The van der Waals surface area contributed by atoms with Gasteiger partial charge in [-0.3, -0.25) is 9.59 Å². The van der Waals surface area contributed by atoms with Crippen molar-refractivity contribution >= 4 is 33.8 Å². The zero-order valence-electron chi connectivity index (χ0n) is 9.48. The van der Waals surface area contributed by atoms with Gasteiger partial charge in [-0.1, -0.05) is 19.3 Å². The van der Waals surface area contributed by atoms with E-state index in [9.17, 15) is 9.59 Å². The highest BCUT2D eigenvalue weighted by Gasteiger charge is 2.03. The molecule has 0 aromatic rings. The number of hydrogen-bond acceptors (Lipinski definition) is 6. The number of thiocyanates is 2. The molecule has 0 heterocycles. The largest absolute Gasteiger partial charge is 0.286 e. The van der Waals surface area contributed by atoms with Gasteiger partial charge in [-0.05, 0) is 12.8 Å². The quantitative estimate of drug-likeness (QED) is 0.497. The van der Waals surface area contributed by atoms with Gasteiger partial charge in [0.25, 0.3) is 0 Å². The van der Waals surface area contributed by atoms with E-state index in [1.54, 1.807) is 10.8 Å². The lowest BCUT2D eigenvalue weighted by molar-refractivity contribution is -0.111. The van der Waals surface area contributed by atoms with Gasteiger partial charge in [-0.15, -0.1) is 0 Å². The summed E-state index contributed by atoms with van der Waals surface area (Å²) >= 11 is 1.40. The first-order valence-corrected chi connectivity index (χ1v) is 7.01. The van der Waals surface area contributed by atoms with Crippen molar-refractivity contribution in [1.82, 2.24) is 0 Å². The first-order valence-electron chi connectivity index (χ1n) is 5.38. The molecule has 0 unspecified atom stereocenters. The van der Waals surface area contributed by atoms with Crippen LogP contribution in [0.5, 0.6) is 0 Å². The van der Waals surface area contributed by atoms with Crippen molar-refractivity contribution in [3.63, 3.8) is 0 Å². The van der Waals surface area contributed by atoms with E-state index in [-0.39, 0.29) is 10.2 Å². The second-order valence-corrected chi connectivity index (χ2v) is 5.08. The fourth-order valence-electron chi connectivity index (χ4n) is 1.27. The van der Waals surface area contributed by atoms with Gasteiger partial charge in [-0.2, -0.15) is 10.5 Å². The lowest BCUT2D eigenvalue weighted by Gasteiger charge is -1.99. The summed E-state index contributed by atoms with van der Waals surface area (Å²) in [7, 11) is 0. The molecule has 4 nitrogen and oxygen atoms in total. The van der Waals surface area contributed by atoms with Gasteiger partial charge in [0.05, 0.1) is 0 Å². The van der Waals surface area contributed by atoms with Crippen LogP contribution in [-0.4, -0.2) is 10.2 Å². The molecule has 17 heavy (non-hydrogen) atoms. The lowest BCUT2D eigenvalue weighted by atomic mass is 10.1. The van der Waals surface area contributed by atoms with Gasteiger partial charge in [0.2, 0.25) is 10.2 Å². The Kier molecular flexibility index (Phi) is 10.8. The number of nitriles is 2. The summed E-state index contributed by atoms with van der Waals surface area (Å²) in [5, 5.41) is 19.8. The summed E-state index contributed by atoms with van der Waals surface area (Å²) in [6.07, 6.45) is 5.36. The van der Waals surface area contributed by atoms with E-state index < -0.39 is 0 Å². The summed E-state index contributed by atoms with van der Waals surface area (Å²) in [4.78, 5) is 21.9. The zero-order valence-corrected chi connectivity index (χ0v) is 11.1. The molecule has 0 aromatic carbocycles. The van der Waals surface area contributed by atoms with E-state index in [0.29, 0.717) is 36.4 Å². The number of thioether (sulfide) groups is 2. The second kappa shape index (κ2) is 11.5. The number of nitrogens with zero attached hydrogens (tertiary/aromatic N) is 2. The fourth-order valence-corrected chi connectivity index (χ4v) is 1.97. The Bertz CT molecular complexity index is 299. The van der Waals surface area contributed by atoms with Crippen LogP contribution in [0.25, 0.3) is 0 Å². The third-order valence-electron chi connectivity index (χ3n) is 2.08. The van der Waals surface area contributed by atoms with E-state index in [1.165, 1.54) is 0 Å². The zero-order chi connectivity index (χ0) is 12.9. The van der Waals surface area contributed by atoms with Crippen LogP contribution in [0.2, 0.25) is 0 Å². The highest BCUT2D eigenvalue weighted by molar-refractivity contribution is 8.17. The molecule has 0 fully saturated rings. The van der Waals surface area contributed by atoms with Gasteiger partial charge < -0.3 is 0 Å². The molecule has 0 aliphatic carbocycles. The Labute approximate surface area is 110 Å². The van der Waals surface area contributed by atoms with Gasteiger partial charge in [-0.25, -0.2) is 0 Å². The molecule has 0 aliphatic rings. The minimum absolute atomic E-state index is 0.0758. The number of unbranched alkanes of at least 4 members (excludes halogenated alkanes) is 4. The Morgan fingerprint density at radius 2 is 1.12 bits per heavy atom. The molecule has 92 valence electrons. The van der Waals surface area contributed by atoms with Crippen molar-refractivity contribution in [1.29, 1.82) is 10.5 Å². The van der Waals surface area contributed by atoms with E-state index >= 15 is 0 Å². The number of hydrogen-bond donors (Lipinski definition) is 0. The van der Waals surface area contributed by atoms with E-state index in [1.807, 2.05) is 0 Å². The molecule has 0 saturated carbocycles. The highest BCUT2D eigenvalue weighted by atomic mass is 32.2. The van der Waals surface area contributed by atoms with Crippen LogP contribution < -0.4 is 0 Å². The van der Waals surface area contributed by atoms with Gasteiger partial charge >= 0.3 is 0 Å². The minimum atomic E-state index is -0.0758. The normalized spacial score (nSPS) is 9.29. The van der Waals surface area contributed by atoms with E-state index in [0.717, 1.165) is 32.1 Å². The third-order valence-corrected chi connectivity index (χ3v) is 3.13. The second-order valence-electron chi connectivity index (χ2n) is 3.40. The van der Waals surface area contributed by atoms with E-state index in [4.69, 9.17) is 10.5 Å². The predicted molar refractivity (Wildman–Crippen MR) is 68.7 cm³/mol. The number of carbonyl (C=O) groups excluding carboxylic acids is 2. The summed E-state index contributed by atoms with van der Waals surface area (Å²) in [6, 6.07) is 0. The van der Waals surface area contributed by atoms with Crippen LogP contribution in [0.4, 0.5) is 0 Å². The van der Waals surface area contributed by atoms with Crippen LogP contribution in [0, 0.1) is 21.3 Å². The molecule has 0 N–H and O–H groups in total. The molecule has 0 amide bonds. The summed E-state index contributed by atoms with van der Waals surface area (Å²) in [5.74, 6) is 0. The first-order chi connectivity index (χ1) is 8.20. The molecule has 6 heteroatoms. The Morgan fingerprint density at radius 3 is 1.47 bits per heavy atom. The maximum atomic E-state index is 11.0. The van der Waals surface area contributed by atoms with Gasteiger partial charge in [0.1, 0.15) is 10.8 Å². The SMILES string of the molecule is N#CSC(=O)CCCCCCCC(=O)SC#N. The van der Waals surface area contributed by atoms with Crippen LogP contribution in [0.15, 0.2) is 0 Å². The molecule has 0 aliphatic heterocycles. The molecule has 0 rings (SSSR count). The van der Waals surface area contributed by atoms with Crippen molar-refractivity contribution in [3.05, 3.63) is 0 Å². The minimum Gasteiger partial charge on any atom is -0.286 e. The summed E-state index contributed by atoms with van der Waals surface area (Å²) in [6.45, 7) is 0. The molecule has 0 saturated heterocycles. The number of carbonyl (C=O) groups is 2. The Hall–Kier alpha value is -0.980. The van der Waals surface area contributed by atoms with Crippen molar-refractivity contribution in [3.8, 4) is 10.8 Å². The van der Waals surface area contributed by atoms with Crippen LogP contribution in [-0.2, 0) is 9.59 Å². The maximum absolute atomic E-state index is 11.0. The highest BCUT2D eigenvalue weighted by Crippen LogP contribution is 2.13. The Morgan fingerprint density at radius 1 is 0.765 bits per heavy atom. The molecule has 0 spiro atoms. The smallest absolute Gasteiger partial charge is 0.203 e. The Balaban J connectivity index is 3.25. The van der Waals surface area contributed by atoms with Crippen molar-refractivity contribution < 1.29 is 9.59 Å². The van der Waals surface area contributed by atoms with Crippen molar-refractivity contribution in [2.24, 2.45) is 0 Å². The van der Waals surface area contributed by atoms with Crippen molar-refractivity contribution in [2.45, 2.75) is 44.9 Å². The van der Waals surface area contributed by atoms with Crippen LogP contribution in [0.1, 0.15) is 44.9 Å². The van der Waals surface area contributed by atoms with Gasteiger partial charge in [0, 0.05) is 36.4 Å². The summed E-state index contributed by atoms with van der Waals surface area (Å²) < 4.78 is 0.